The van der Waals surface area contributed by atoms with Gasteiger partial charge in [0.25, 0.3) is 0 Å². The molecule has 1 aliphatic carbocycles. The number of hydrogen-bond donors (Lipinski definition) is 0. The fourth-order valence-electron chi connectivity index (χ4n) is 5.11. The van der Waals surface area contributed by atoms with Crippen LogP contribution in [0.1, 0.15) is 33.8 Å². The van der Waals surface area contributed by atoms with Crippen LogP contribution in [0.5, 0.6) is 0 Å². The Morgan fingerprint density at radius 1 is 0.912 bits per heavy atom. The Balaban J connectivity index is 1.26. The number of fused-ring (bicyclic) bond motifs is 3. The normalized spacial score (nSPS) is 16.4. The van der Waals surface area contributed by atoms with Crippen LogP contribution >= 0.6 is 34.5 Å². The van der Waals surface area contributed by atoms with Crippen molar-refractivity contribution in [1.82, 2.24) is 14.9 Å². The van der Waals surface area contributed by atoms with Gasteiger partial charge >= 0.3 is 0 Å². The number of aryl methyl sites for hydroxylation is 2. The number of thiophene rings is 1. The Kier molecular flexibility index (Phi) is 6.20. The molecule has 0 spiro atoms. The third kappa shape index (κ3) is 4.42. The molecule has 0 saturated carbocycles. The number of piperazine rings is 1. The number of halogens is 2. The highest BCUT2D eigenvalue weighted by Crippen LogP contribution is 2.41. The first-order valence-electron chi connectivity index (χ1n) is 11.9. The average molecular weight is 510 g/mol. The summed E-state index contributed by atoms with van der Waals surface area (Å²) in [7, 11) is 0. The van der Waals surface area contributed by atoms with E-state index < -0.39 is 0 Å². The van der Waals surface area contributed by atoms with Crippen molar-refractivity contribution in [3.63, 3.8) is 0 Å². The summed E-state index contributed by atoms with van der Waals surface area (Å²) in [5.74, 6) is 2.06. The van der Waals surface area contributed by atoms with Crippen LogP contribution in [0.4, 0.5) is 5.82 Å². The SMILES string of the molecule is Clc1ccc(CN2CCN(c3nc(Cc4ccccc4)nc4sc5c(c34)CCC5)CC2)c(Cl)c1. The lowest BCUT2D eigenvalue weighted by Gasteiger charge is -2.36. The molecule has 0 bridgehead atoms. The second-order valence-electron chi connectivity index (χ2n) is 9.16. The van der Waals surface area contributed by atoms with Crippen LogP contribution in [0.3, 0.4) is 0 Å². The van der Waals surface area contributed by atoms with Crippen molar-refractivity contribution < 1.29 is 0 Å². The molecule has 2 aromatic heterocycles. The van der Waals surface area contributed by atoms with Crippen LogP contribution in [0, 0.1) is 0 Å². The molecule has 0 unspecified atom stereocenters. The van der Waals surface area contributed by atoms with Gasteiger partial charge in [-0.05, 0) is 48.1 Å². The van der Waals surface area contributed by atoms with Crippen LogP contribution in [0.25, 0.3) is 10.2 Å². The summed E-state index contributed by atoms with van der Waals surface area (Å²) in [6.07, 6.45) is 4.34. The molecule has 2 aromatic carbocycles. The summed E-state index contributed by atoms with van der Waals surface area (Å²) in [4.78, 5) is 17.8. The first-order valence-corrected chi connectivity index (χ1v) is 13.5. The smallest absolute Gasteiger partial charge is 0.141 e. The van der Waals surface area contributed by atoms with E-state index >= 15 is 0 Å². The number of benzene rings is 2. The second kappa shape index (κ2) is 9.46. The molecule has 7 heteroatoms. The Morgan fingerprint density at radius 2 is 1.74 bits per heavy atom. The highest BCUT2D eigenvalue weighted by molar-refractivity contribution is 7.19. The van der Waals surface area contributed by atoms with E-state index in [-0.39, 0.29) is 0 Å². The molecular weight excluding hydrogens is 483 g/mol. The second-order valence-corrected chi connectivity index (χ2v) is 11.1. The average Bonchev–Trinajstić information content (AvgIpc) is 3.43. The van der Waals surface area contributed by atoms with E-state index in [1.165, 1.54) is 34.2 Å². The van der Waals surface area contributed by atoms with Crippen molar-refractivity contribution in [3.8, 4) is 0 Å². The third-order valence-electron chi connectivity index (χ3n) is 6.88. The highest BCUT2D eigenvalue weighted by atomic mass is 35.5. The van der Waals surface area contributed by atoms with E-state index in [9.17, 15) is 0 Å². The maximum atomic E-state index is 6.43. The van der Waals surface area contributed by atoms with E-state index in [1.807, 2.05) is 29.5 Å². The fourth-order valence-corrected chi connectivity index (χ4v) is 6.86. The molecule has 1 fully saturated rings. The molecule has 4 nitrogen and oxygen atoms in total. The van der Waals surface area contributed by atoms with Crippen molar-refractivity contribution in [3.05, 3.63) is 86.0 Å². The molecule has 0 amide bonds. The lowest BCUT2D eigenvalue weighted by atomic mass is 10.1. The van der Waals surface area contributed by atoms with Gasteiger partial charge in [-0.2, -0.15) is 0 Å². The van der Waals surface area contributed by atoms with Crippen molar-refractivity contribution in [2.75, 3.05) is 31.1 Å². The number of hydrogen-bond acceptors (Lipinski definition) is 5. The maximum absolute atomic E-state index is 6.43. The van der Waals surface area contributed by atoms with Crippen LogP contribution in [0.2, 0.25) is 10.0 Å². The van der Waals surface area contributed by atoms with Gasteiger partial charge < -0.3 is 4.90 Å². The summed E-state index contributed by atoms with van der Waals surface area (Å²) < 4.78 is 0. The molecule has 6 rings (SSSR count). The van der Waals surface area contributed by atoms with Gasteiger partial charge in [0.15, 0.2) is 0 Å². The first kappa shape index (κ1) is 22.3. The van der Waals surface area contributed by atoms with Gasteiger partial charge in [0.1, 0.15) is 16.5 Å². The third-order valence-corrected chi connectivity index (χ3v) is 8.65. The van der Waals surface area contributed by atoms with Crippen molar-refractivity contribution >= 4 is 50.6 Å². The molecule has 0 atom stereocenters. The van der Waals surface area contributed by atoms with Gasteiger partial charge in [-0.15, -0.1) is 11.3 Å². The van der Waals surface area contributed by atoms with E-state index in [2.05, 4.69) is 40.1 Å². The van der Waals surface area contributed by atoms with Crippen LogP contribution in [-0.2, 0) is 25.8 Å². The molecule has 1 saturated heterocycles. The predicted octanol–water partition coefficient (Wildman–Crippen LogP) is 6.40. The maximum Gasteiger partial charge on any atom is 0.141 e. The first-order chi connectivity index (χ1) is 16.6. The van der Waals surface area contributed by atoms with E-state index in [0.29, 0.717) is 5.02 Å². The molecule has 34 heavy (non-hydrogen) atoms. The number of rotatable bonds is 5. The zero-order valence-corrected chi connectivity index (χ0v) is 21.3. The fraction of sp³-hybridized carbons (Fsp3) is 0.333. The quantitative estimate of drug-likeness (QED) is 0.312. The number of anilines is 1. The molecule has 3 heterocycles. The number of nitrogens with zero attached hydrogens (tertiary/aromatic N) is 4. The van der Waals surface area contributed by atoms with Gasteiger partial charge in [0.05, 0.1) is 5.39 Å². The monoisotopic (exact) mass is 508 g/mol. The minimum absolute atomic E-state index is 0.681. The molecule has 2 aliphatic rings. The van der Waals surface area contributed by atoms with Gasteiger partial charge in [-0.3, -0.25) is 4.90 Å². The van der Waals surface area contributed by atoms with Crippen molar-refractivity contribution in [1.29, 1.82) is 0 Å². The molecule has 4 aromatic rings. The van der Waals surface area contributed by atoms with Gasteiger partial charge in [0, 0.05) is 54.1 Å². The van der Waals surface area contributed by atoms with E-state index in [1.54, 1.807) is 0 Å². The summed E-state index contributed by atoms with van der Waals surface area (Å²) in [6, 6.07) is 16.3. The topological polar surface area (TPSA) is 32.3 Å². The molecule has 1 aliphatic heterocycles. The summed E-state index contributed by atoms with van der Waals surface area (Å²) in [5.41, 5.74) is 3.88. The lowest BCUT2D eigenvalue weighted by Crippen LogP contribution is -2.46. The Labute approximate surface area is 214 Å². The zero-order chi connectivity index (χ0) is 23.1. The lowest BCUT2D eigenvalue weighted by molar-refractivity contribution is 0.249. The van der Waals surface area contributed by atoms with E-state index in [0.717, 1.165) is 72.6 Å². The molecule has 0 N–H and O–H groups in total. The van der Waals surface area contributed by atoms with Crippen LogP contribution in [0.15, 0.2) is 48.5 Å². The van der Waals surface area contributed by atoms with Crippen molar-refractivity contribution in [2.24, 2.45) is 0 Å². The molecule has 0 radical (unpaired) electrons. The molecule has 174 valence electrons. The standard InChI is InChI=1S/C27H26Cl2N4S/c28-20-10-9-19(22(29)16-20)17-32-11-13-33(14-12-32)26-25-21-7-4-8-23(21)34-27(25)31-24(30-26)15-18-5-2-1-3-6-18/h1-3,5-6,9-10,16H,4,7-8,11-15,17H2. The summed E-state index contributed by atoms with van der Waals surface area (Å²) in [5, 5.41) is 2.73. The van der Waals surface area contributed by atoms with Crippen LogP contribution in [-0.4, -0.2) is 41.0 Å². The zero-order valence-electron chi connectivity index (χ0n) is 18.9. The molecular formula is C27H26Cl2N4S. The minimum atomic E-state index is 0.681. The summed E-state index contributed by atoms with van der Waals surface area (Å²) >= 11 is 14.4. The van der Waals surface area contributed by atoms with Gasteiger partial charge in [-0.25, -0.2) is 9.97 Å². The number of aromatic nitrogens is 2. The van der Waals surface area contributed by atoms with Crippen LogP contribution < -0.4 is 4.90 Å². The minimum Gasteiger partial charge on any atom is -0.353 e. The highest BCUT2D eigenvalue weighted by Gasteiger charge is 2.27. The Bertz CT molecular complexity index is 1330. The Hall–Kier alpha value is -2.18. The van der Waals surface area contributed by atoms with E-state index in [4.69, 9.17) is 33.2 Å². The largest absolute Gasteiger partial charge is 0.353 e. The predicted molar refractivity (Wildman–Crippen MR) is 143 cm³/mol. The van der Waals surface area contributed by atoms with Crippen molar-refractivity contribution in [2.45, 2.75) is 32.2 Å². The van der Waals surface area contributed by atoms with Gasteiger partial charge in [0.2, 0.25) is 0 Å². The summed E-state index contributed by atoms with van der Waals surface area (Å²) in [6.45, 7) is 4.70. The van der Waals surface area contributed by atoms with Gasteiger partial charge in [-0.1, -0.05) is 59.6 Å². The Morgan fingerprint density at radius 3 is 2.53 bits per heavy atom.